The van der Waals surface area contributed by atoms with Crippen LogP contribution >= 0.6 is 0 Å². The molecular formula is C11H22N6. The van der Waals surface area contributed by atoms with Crippen LogP contribution in [0.3, 0.4) is 0 Å². The molecule has 0 saturated carbocycles. The highest BCUT2D eigenvalue weighted by Crippen LogP contribution is 2.13. The largest absolute Gasteiger partial charge is 0.314 e. The summed E-state index contributed by atoms with van der Waals surface area (Å²) in [4.78, 5) is 0. The van der Waals surface area contributed by atoms with Crippen LogP contribution in [0.5, 0.6) is 0 Å². The highest BCUT2D eigenvalue weighted by Gasteiger charge is 2.18. The van der Waals surface area contributed by atoms with E-state index in [9.17, 15) is 0 Å². The Hall–Kier alpha value is -1.01. The van der Waals surface area contributed by atoms with Gasteiger partial charge in [-0.25, -0.2) is 0 Å². The van der Waals surface area contributed by atoms with Gasteiger partial charge in [-0.15, -0.1) is 10.2 Å². The number of nitrogens with zero attached hydrogens (tertiary/aromatic N) is 3. The second-order valence-corrected chi connectivity index (χ2v) is 4.94. The van der Waals surface area contributed by atoms with E-state index in [-0.39, 0.29) is 6.04 Å². The van der Waals surface area contributed by atoms with Crippen molar-refractivity contribution in [3.8, 4) is 0 Å². The fourth-order valence-corrected chi connectivity index (χ4v) is 2.47. The summed E-state index contributed by atoms with van der Waals surface area (Å²) < 4.78 is 0. The average molecular weight is 238 g/mol. The maximum atomic E-state index is 3.99. The highest BCUT2D eigenvalue weighted by atomic mass is 15.5. The summed E-state index contributed by atoms with van der Waals surface area (Å²) in [7, 11) is 0. The van der Waals surface area contributed by atoms with Crippen LogP contribution in [0, 0.1) is 0 Å². The van der Waals surface area contributed by atoms with Crippen LogP contribution in [0.25, 0.3) is 0 Å². The summed E-state index contributed by atoms with van der Waals surface area (Å²) in [5.74, 6) is 0.730. The first kappa shape index (κ1) is 12.4. The molecule has 0 aromatic carbocycles. The molecule has 1 fully saturated rings. The van der Waals surface area contributed by atoms with E-state index in [4.69, 9.17) is 0 Å². The van der Waals surface area contributed by atoms with Gasteiger partial charge in [-0.2, -0.15) is 5.21 Å². The number of H-pyrrole nitrogens is 1. The smallest absolute Gasteiger partial charge is 0.191 e. The Kier molecular flexibility index (Phi) is 4.44. The Morgan fingerprint density at radius 1 is 1.41 bits per heavy atom. The van der Waals surface area contributed by atoms with Crippen molar-refractivity contribution >= 4 is 0 Å². The van der Waals surface area contributed by atoms with Crippen molar-refractivity contribution in [1.82, 2.24) is 31.3 Å². The third-order valence-corrected chi connectivity index (χ3v) is 3.33. The minimum Gasteiger partial charge on any atom is -0.314 e. The molecule has 2 heterocycles. The minimum absolute atomic E-state index is 0.146. The van der Waals surface area contributed by atoms with Gasteiger partial charge in [0.2, 0.25) is 0 Å². The summed E-state index contributed by atoms with van der Waals surface area (Å²) >= 11 is 0. The van der Waals surface area contributed by atoms with E-state index in [0.29, 0.717) is 12.1 Å². The SMILES string of the molecule is CC(CC1CCCCN1)NC(C)c1nn[nH]n1. The molecule has 17 heavy (non-hydrogen) atoms. The zero-order valence-electron chi connectivity index (χ0n) is 10.6. The number of tetrazole rings is 1. The lowest BCUT2D eigenvalue weighted by Crippen LogP contribution is -2.40. The molecule has 3 unspecified atom stereocenters. The monoisotopic (exact) mass is 238 g/mol. The maximum absolute atomic E-state index is 3.99. The molecule has 1 aromatic rings. The van der Waals surface area contributed by atoms with Crippen molar-refractivity contribution in [2.24, 2.45) is 0 Å². The van der Waals surface area contributed by atoms with Gasteiger partial charge in [0, 0.05) is 12.1 Å². The van der Waals surface area contributed by atoms with Crippen LogP contribution in [-0.2, 0) is 0 Å². The Bertz CT molecular complexity index is 306. The van der Waals surface area contributed by atoms with E-state index in [1.807, 2.05) is 0 Å². The zero-order valence-corrected chi connectivity index (χ0v) is 10.6. The molecule has 96 valence electrons. The number of aromatic amines is 1. The second kappa shape index (κ2) is 6.07. The molecule has 0 amide bonds. The van der Waals surface area contributed by atoms with Gasteiger partial charge in [0.15, 0.2) is 5.82 Å². The van der Waals surface area contributed by atoms with E-state index < -0.39 is 0 Å². The Morgan fingerprint density at radius 3 is 2.94 bits per heavy atom. The molecular weight excluding hydrogens is 216 g/mol. The first-order valence-electron chi connectivity index (χ1n) is 6.48. The second-order valence-electron chi connectivity index (χ2n) is 4.94. The van der Waals surface area contributed by atoms with Gasteiger partial charge in [0.25, 0.3) is 0 Å². The average Bonchev–Trinajstić information content (AvgIpc) is 2.83. The van der Waals surface area contributed by atoms with E-state index in [1.165, 1.54) is 19.3 Å². The van der Waals surface area contributed by atoms with Crippen LogP contribution in [0.2, 0.25) is 0 Å². The van der Waals surface area contributed by atoms with Crippen LogP contribution in [0.15, 0.2) is 0 Å². The predicted molar refractivity (Wildman–Crippen MR) is 65.4 cm³/mol. The fourth-order valence-electron chi connectivity index (χ4n) is 2.47. The number of piperidine rings is 1. The molecule has 1 saturated heterocycles. The zero-order chi connectivity index (χ0) is 12.1. The summed E-state index contributed by atoms with van der Waals surface area (Å²) in [6.45, 7) is 5.44. The molecule has 3 atom stereocenters. The molecule has 0 spiro atoms. The van der Waals surface area contributed by atoms with E-state index in [1.54, 1.807) is 0 Å². The Labute approximate surface area is 102 Å². The van der Waals surface area contributed by atoms with Crippen molar-refractivity contribution in [3.63, 3.8) is 0 Å². The van der Waals surface area contributed by atoms with Crippen molar-refractivity contribution < 1.29 is 0 Å². The standard InChI is InChI=1S/C11H22N6/c1-8(7-10-5-3-4-6-12-10)13-9(2)11-14-16-17-15-11/h8-10,12-13H,3-7H2,1-2H3,(H,14,15,16,17). The summed E-state index contributed by atoms with van der Waals surface area (Å²) in [6.07, 6.45) is 5.12. The van der Waals surface area contributed by atoms with E-state index in [2.05, 4.69) is 45.1 Å². The van der Waals surface area contributed by atoms with Gasteiger partial charge in [0.05, 0.1) is 6.04 Å². The van der Waals surface area contributed by atoms with Crippen LogP contribution < -0.4 is 10.6 Å². The predicted octanol–water partition coefficient (Wildman–Crippen LogP) is 0.771. The van der Waals surface area contributed by atoms with Crippen molar-refractivity contribution in [2.75, 3.05) is 6.54 Å². The molecule has 1 aliphatic heterocycles. The quantitative estimate of drug-likeness (QED) is 0.706. The van der Waals surface area contributed by atoms with Gasteiger partial charge in [-0.3, -0.25) is 0 Å². The maximum Gasteiger partial charge on any atom is 0.191 e. The van der Waals surface area contributed by atoms with Crippen LogP contribution in [0.4, 0.5) is 0 Å². The molecule has 2 rings (SSSR count). The third kappa shape index (κ3) is 3.74. The lowest BCUT2D eigenvalue weighted by Gasteiger charge is -2.27. The minimum atomic E-state index is 0.146. The first-order valence-corrected chi connectivity index (χ1v) is 6.48. The summed E-state index contributed by atoms with van der Waals surface area (Å²) in [5.41, 5.74) is 0. The lowest BCUT2D eigenvalue weighted by molar-refractivity contribution is 0.331. The number of hydrogen-bond donors (Lipinski definition) is 3. The van der Waals surface area contributed by atoms with Crippen molar-refractivity contribution in [2.45, 2.75) is 57.7 Å². The van der Waals surface area contributed by atoms with Gasteiger partial charge < -0.3 is 10.6 Å². The molecule has 3 N–H and O–H groups in total. The van der Waals surface area contributed by atoms with Gasteiger partial charge in [-0.05, 0) is 39.7 Å². The van der Waals surface area contributed by atoms with E-state index >= 15 is 0 Å². The van der Waals surface area contributed by atoms with Crippen molar-refractivity contribution in [3.05, 3.63) is 5.82 Å². The van der Waals surface area contributed by atoms with Crippen molar-refractivity contribution in [1.29, 1.82) is 0 Å². The van der Waals surface area contributed by atoms with Crippen LogP contribution in [0.1, 0.15) is 51.4 Å². The number of aromatic nitrogens is 4. The Balaban J connectivity index is 1.74. The highest BCUT2D eigenvalue weighted by molar-refractivity contribution is 4.88. The fraction of sp³-hybridized carbons (Fsp3) is 0.909. The molecule has 0 bridgehead atoms. The Morgan fingerprint density at radius 2 is 2.29 bits per heavy atom. The number of hydrogen-bond acceptors (Lipinski definition) is 5. The van der Waals surface area contributed by atoms with Gasteiger partial charge in [0.1, 0.15) is 0 Å². The molecule has 0 radical (unpaired) electrons. The third-order valence-electron chi connectivity index (χ3n) is 3.33. The summed E-state index contributed by atoms with van der Waals surface area (Å²) in [6, 6.07) is 1.26. The summed E-state index contributed by atoms with van der Waals surface area (Å²) in [5, 5.41) is 21.1. The molecule has 0 aliphatic carbocycles. The molecule has 1 aromatic heterocycles. The first-order chi connectivity index (χ1) is 8.25. The lowest BCUT2D eigenvalue weighted by atomic mass is 9.98. The van der Waals surface area contributed by atoms with Crippen LogP contribution in [-0.4, -0.2) is 39.3 Å². The molecule has 6 nitrogen and oxygen atoms in total. The van der Waals surface area contributed by atoms with Gasteiger partial charge in [-0.1, -0.05) is 11.6 Å². The number of nitrogens with one attached hydrogen (secondary N) is 3. The topological polar surface area (TPSA) is 78.5 Å². The molecule has 6 heteroatoms. The van der Waals surface area contributed by atoms with Gasteiger partial charge >= 0.3 is 0 Å². The van der Waals surface area contributed by atoms with E-state index in [0.717, 1.165) is 18.8 Å². The number of rotatable bonds is 5. The normalized spacial score (nSPS) is 24.5. The molecule has 1 aliphatic rings.